The molecule has 0 bridgehead atoms. The van der Waals surface area contributed by atoms with Crippen molar-refractivity contribution < 1.29 is 4.39 Å². The van der Waals surface area contributed by atoms with Crippen LogP contribution >= 0.6 is 15.9 Å². The van der Waals surface area contributed by atoms with Gasteiger partial charge in [-0.05, 0) is 48.9 Å². The Balaban J connectivity index is 2.21. The maximum Gasteiger partial charge on any atom is 0.123 e. The van der Waals surface area contributed by atoms with Crippen LogP contribution in [0, 0.1) is 5.82 Å². The van der Waals surface area contributed by atoms with Gasteiger partial charge in [-0.15, -0.1) is 0 Å². The number of likely N-dealkylation sites (N-methyl/N-ethyl adjacent to an activating group) is 1. The number of nitrogens with one attached hydrogen (secondary N) is 1. The molecular weight excluding hydrogens is 319 g/mol. The van der Waals surface area contributed by atoms with Crippen molar-refractivity contribution in [2.75, 3.05) is 7.05 Å². The van der Waals surface area contributed by atoms with E-state index in [1.807, 2.05) is 19.3 Å². The molecule has 1 atom stereocenters. The third-order valence-corrected chi connectivity index (χ3v) is 4.11. The van der Waals surface area contributed by atoms with Gasteiger partial charge in [-0.25, -0.2) is 4.39 Å². The summed E-state index contributed by atoms with van der Waals surface area (Å²) in [6, 6.07) is 8.91. The van der Waals surface area contributed by atoms with Gasteiger partial charge in [0.15, 0.2) is 0 Å². The third kappa shape index (κ3) is 3.64. The van der Waals surface area contributed by atoms with Crippen LogP contribution in [-0.2, 0) is 12.8 Å². The summed E-state index contributed by atoms with van der Waals surface area (Å²) in [5, 5.41) is 3.23. The molecule has 4 heteroatoms. The van der Waals surface area contributed by atoms with E-state index >= 15 is 0 Å². The third-order valence-electron chi connectivity index (χ3n) is 3.39. The quantitative estimate of drug-likeness (QED) is 0.890. The van der Waals surface area contributed by atoms with E-state index in [2.05, 4.69) is 39.2 Å². The van der Waals surface area contributed by atoms with Crippen LogP contribution in [0.3, 0.4) is 0 Å². The molecule has 1 unspecified atom stereocenters. The summed E-state index contributed by atoms with van der Waals surface area (Å²) < 4.78 is 14.3. The molecule has 0 amide bonds. The Kier molecular flexibility index (Phi) is 5.26. The smallest absolute Gasteiger partial charge is 0.123 e. The lowest BCUT2D eigenvalue weighted by Crippen LogP contribution is -2.20. The second-order valence-electron chi connectivity index (χ2n) is 4.72. The van der Waals surface area contributed by atoms with E-state index in [1.54, 1.807) is 12.1 Å². The van der Waals surface area contributed by atoms with Gasteiger partial charge in [0.1, 0.15) is 5.82 Å². The standard InChI is InChI=1S/C16H18BrFN2/c1-3-11-4-6-13(20-10-11)9-16(19-2)14-8-12(18)5-7-15(14)17/h4-8,10,16,19H,3,9H2,1-2H3. The van der Waals surface area contributed by atoms with Gasteiger partial charge in [-0.3, -0.25) is 4.98 Å². The number of nitrogens with zero attached hydrogens (tertiary/aromatic N) is 1. The highest BCUT2D eigenvalue weighted by atomic mass is 79.9. The summed E-state index contributed by atoms with van der Waals surface area (Å²) >= 11 is 3.48. The molecule has 20 heavy (non-hydrogen) atoms. The molecule has 1 aromatic carbocycles. The first kappa shape index (κ1) is 15.1. The first-order valence-electron chi connectivity index (χ1n) is 6.70. The van der Waals surface area contributed by atoms with E-state index in [0.717, 1.165) is 28.6 Å². The van der Waals surface area contributed by atoms with Crippen LogP contribution in [0.25, 0.3) is 0 Å². The minimum atomic E-state index is -0.224. The monoisotopic (exact) mass is 336 g/mol. The Labute approximate surface area is 127 Å². The van der Waals surface area contributed by atoms with Crippen LogP contribution < -0.4 is 5.32 Å². The highest BCUT2D eigenvalue weighted by Crippen LogP contribution is 2.26. The van der Waals surface area contributed by atoms with Crippen molar-refractivity contribution in [1.82, 2.24) is 10.3 Å². The van der Waals surface area contributed by atoms with Gasteiger partial charge in [0.2, 0.25) is 0 Å². The van der Waals surface area contributed by atoms with E-state index in [4.69, 9.17) is 0 Å². The molecule has 0 saturated heterocycles. The number of rotatable bonds is 5. The van der Waals surface area contributed by atoms with Crippen LogP contribution in [0.1, 0.15) is 29.8 Å². The number of halogens is 2. The van der Waals surface area contributed by atoms with Gasteiger partial charge >= 0.3 is 0 Å². The van der Waals surface area contributed by atoms with Gasteiger partial charge in [0.25, 0.3) is 0 Å². The molecule has 1 aromatic heterocycles. The fraction of sp³-hybridized carbons (Fsp3) is 0.312. The largest absolute Gasteiger partial charge is 0.313 e. The van der Waals surface area contributed by atoms with E-state index in [1.165, 1.54) is 11.6 Å². The molecule has 2 nitrogen and oxygen atoms in total. The maximum atomic E-state index is 13.4. The van der Waals surface area contributed by atoms with E-state index in [9.17, 15) is 4.39 Å². The molecule has 106 valence electrons. The van der Waals surface area contributed by atoms with Crippen molar-refractivity contribution in [2.24, 2.45) is 0 Å². The van der Waals surface area contributed by atoms with Gasteiger partial charge in [0.05, 0.1) is 0 Å². The molecule has 0 saturated carbocycles. The zero-order valence-electron chi connectivity index (χ0n) is 11.7. The summed E-state index contributed by atoms with van der Waals surface area (Å²) in [5.74, 6) is -0.224. The van der Waals surface area contributed by atoms with Gasteiger partial charge in [0, 0.05) is 28.8 Å². The predicted octanol–water partition coefficient (Wildman–Crippen LogP) is 4.05. The van der Waals surface area contributed by atoms with Crippen molar-refractivity contribution >= 4 is 15.9 Å². The lowest BCUT2D eigenvalue weighted by molar-refractivity contribution is 0.569. The van der Waals surface area contributed by atoms with Crippen LogP contribution in [0.5, 0.6) is 0 Å². The van der Waals surface area contributed by atoms with E-state index in [-0.39, 0.29) is 11.9 Å². The van der Waals surface area contributed by atoms with Crippen molar-refractivity contribution in [3.63, 3.8) is 0 Å². The van der Waals surface area contributed by atoms with E-state index < -0.39 is 0 Å². The summed E-state index contributed by atoms with van der Waals surface area (Å²) in [5.41, 5.74) is 3.13. The Morgan fingerprint density at radius 2 is 2.10 bits per heavy atom. The zero-order valence-corrected chi connectivity index (χ0v) is 13.2. The minimum Gasteiger partial charge on any atom is -0.313 e. The number of pyridine rings is 1. The topological polar surface area (TPSA) is 24.9 Å². The van der Waals surface area contributed by atoms with Crippen molar-refractivity contribution in [3.8, 4) is 0 Å². The van der Waals surface area contributed by atoms with Crippen molar-refractivity contribution in [2.45, 2.75) is 25.8 Å². The summed E-state index contributed by atoms with van der Waals surface area (Å²) in [7, 11) is 1.88. The molecule has 0 aliphatic heterocycles. The average molecular weight is 337 g/mol. The Hall–Kier alpha value is -1.26. The van der Waals surface area contributed by atoms with Crippen LogP contribution in [-0.4, -0.2) is 12.0 Å². The number of hydrogen-bond donors (Lipinski definition) is 1. The molecule has 2 aromatic rings. The lowest BCUT2D eigenvalue weighted by atomic mass is 10.0. The molecule has 2 rings (SSSR count). The van der Waals surface area contributed by atoms with Gasteiger partial charge < -0.3 is 5.32 Å². The molecule has 0 radical (unpaired) electrons. The van der Waals surface area contributed by atoms with Crippen LogP contribution in [0.4, 0.5) is 4.39 Å². The first-order chi connectivity index (χ1) is 9.63. The first-order valence-corrected chi connectivity index (χ1v) is 7.49. The fourth-order valence-corrected chi connectivity index (χ4v) is 2.67. The van der Waals surface area contributed by atoms with Crippen LogP contribution in [0.2, 0.25) is 0 Å². The second-order valence-corrected chi connectivity index (χ2v) is 5.58. The second kappa shape index (κ2) is 6.95. The van der Waals surface area contributed by atoms with Crippen molar-refractivity contribution in [3.05, 3.63) is 63.6 Å². The predicted molar refractivity (Wildman–Crippen MR) is 83.2 cm³/mol. The average Bonchev–Trinajstić information content (AvgIpc) is 2.48. The SMILES string of the molecule is CCc1ccc(CC(NC)c2cc(F)ccc2Br)nc1. The lowest BCUT2D eigenvalue weighted by Gasteiger charge is -2.18. The maximum absolute atomic E-state index is 13.4. The molecule has 0 fully saturated rings. The molecule has 0 spiro atoms. The Morgan fingerprint density at radius 1 is 1.30 bits per heavy atom. The normalized spacial score (nSPS) is 12.4. The van der Waals surface area contributed by atoms with E-state index in [0.29, 0.717) is 0 Å². The highest BCUT2D eigenvalue weighted by molar-refractivity contribution is 9.10. The number of aromatic nitrogens is 1. The zero-order chi connectivity index (χ0) is 14.5. The fourth-order valence-electron chi connectivity index (χ4n) is 2.14. The van der Waals surface area contributed by atoms with Gasteiger partial charge in [-0.1, -0.05) is 28.9 Å². The molecule has 1 heterocycles. The van der Waals surface area contributed by atoms with Gasteiger partial charge in [-0.2, -0.15) is 0 Å². The Bertz CT molecular complexity index is 569. The number of aryl methyl sites for hydroxylation is 1. The molecule has 0 aliphatic carbocycles. The summed E-state index contributed by atoms with van der Waals surface area (Å²) in [6.45, 7) is 2.11. The molecule has 0 aliphatic rings. The van der Waals surface area contributed by atoms with Crippen molar-refractivity contribution in [1.29, 1.82) is 0 Å². The minimum absolute atomic E-state index is 0.0278. The molecule has 1 N–H and O–H groups in total. The Morgan fingerprint density at radius 3 is 2.70 bits per heavy atom. The number of hydrogen-bond acceptors (Lipinski definition) is 2. The summed E-state index contributed by atoms with van der Waals surface area (Å²) in [4.78, 5) is 4.47. The highest BCUT2D eigenvalue weighted by Gasteiger charge is 2.15. The van der Waals surface area contributed by atoms with Crippen LogP contribution in [0.15, 0.2) is 41.0 Å². The number of benzene rings is 1. The molecular formula is C16H18BrFN2. The summed E-state index contributed by atoms with van der Waals surface area (Å²) in [6.07, 6.45) is 3.61.